The van der Waals surface area contributed by atoms with Gasteiger partial charge in [-0.05, 0) is 26.2 Å². The van der Waals surface area contributed by atoms with Crippen LogP contribution in [0.25, 0.3) is 0 Å². The van der Waals surface area contributed by atoms with Crippen molar-refractivity contribution in [2.45, 2.75) is 38.1 Å². The number of rotatable bonds is 2. The van der Waals surface area contributed by atoms with E-state index in [2.05, 4.69) is 18.4 Å². The van der Waals surface area contributed by atoms with E-state index in [-0.39, 0.29) is 0 Å². The van der Waals surface area contributed by atoms with Crippen molar-refractivity contribution in [1.29, 1.82) is 0 Å². The van der Waals surface area contributed by atoms with E-state index in [1.54, 1.807) is 0 Å². The van der Waals surface area contributed by atoms with Gasteiger partial charge < -0.3 is 0 Å². The lowest BCUT2D eigenvalue weighted by atomic mass is 9.96. The molecular weight excluding hydrogens is 173 g/mol. The topological polar surface area (TPSA) is 12.0 Å². The monoisotopic (exact) mass is 191 g/mol. The zero-order valence-electron chi connectivity index (χ0n) is 7.47. The van der Waals surface area contributed by atoms with Gasteiger partial charge in [-0.2, -0.15) is 0 Å². The highest BCUT2D eigenvalue weighted by Crippen LogP contribution is 2.34. The second-order valence-electron chi connectivity index (χ2n) is 3.81. The highest BCUT2D eigenvalue weighted by molar-refractivity contribution is 8.13. The predicted octanol–water partition coefficient (Wildman–Crippen LogP) is 2.56. The Bertz CT molecular complexity index is 157. The van der Waals surface area contributed by atoms with E-state index >= 15 is 0 Å². The van der Waals surface area contributed by atoms with Crippen LogP contribution >= 0.6 is 6.19 Å². The predicted molar refractivity (Wildman–Crippen MR) is 56.1 cm³/mol. The molecule has 11 heavy (non-hydrogen) atoms. The summed E-state index contributed by atoms with van der Waals surface area (Å²) >= 11 is 5.37. The van der Waals surface area contributed by atoms with Crippen LogP contribution < -0.4 is 5.09 Å². The average Bonchev–Trinajstić information content (AvgIpc) is 1.85. The molecule has 1 nitrogen and oxygen atoms in total. The van der Waals surface area contributed by atoms with Gasteiger partial charge >= 0.3 is 0 Å². The van der Waals surface area contributed by atoms with Gasteiger partial charge in [-0.3, -0.25) is 5.09 Å². The van der Waals surface area contributed by atoms with Crippen molar-refractivity contribution < 1.29 is 0 Å². The van der Waals surface area contributed by atoms with Crippen molar-refractivity contribution in [3.05, 3.63) is 0 Å². The molecule has 1 aliphatic carbocycles. The van der Waals surface area contributed by atoms with Crippen LogP contribution in [0.5, 0.6) is 0 Å². The van der Waals surface area contributed by atoms with Gasteiger partial charge in [0.05, 0.1) is 0 Å². The van der Waals surface area contributed by atoms with Gasteiger partial charge in [0.15, 0.2) is 0 Å². The van der Waals surface area contributed by atoms with Crippen LogP contribution in [0.1, 0.15) is 32.1 Å². The smallest absolute Gasteiger partial charge is 0.0110 e. The van der Waals surface area contributed by atoms with Crippen LogP contribution in [-0.2, 0) is 11.8 Å². The SMILES string of the molecule is CP(C)(=S)NC1CCCCC1. The average molecular weight is 191 g/mol. The van der Waals surface area contributed by atoms with Gasteiger partial charge in [-0.1, -0.05) is 31.1 Å². The molecule has 0 bridgehead atoms. The van der Waals surface area contributed by atoms with Crippen molar-refractivity contribution in [2.24, 2.45) is 0 Å². The molecule has 66 valence electrons. The van der Waals surface area contributed by atoms with E-state index in [9.17, 15) is 0 Å². The molecular formula is C8H18NPS. The van der Waals surface area contributed by atoms with E-state index in [0.29, 0.717) is 0 Å². The molecule has 1 fully saturated rings. The summed E-state index contributed by atoms with van der Waals surface area (Å²) in [6.07, 6.45) is 5.76. The van der Waals surface area contributed by atoms with Crippen molar-refractivity contribution in [1.82, 2.24) is 5.09 Å². The standard InChI is InChI=1S/C8H18NPS/c1-10(2,11)9-8-6-4-3-5-7-8/h8H,3-7H2,1-2H3,(H,9,11). The molecule has 0 amide bonds. The summed E-state index contributed by atoms with van der Waals surface area (Å²) in [5.41, 5.74) is 0. The van der Waals surface area contributed by atoms with Crippen LogP contribution in [0.3, 0.4) is 0 Å². The van der Waals surface area contributed by atoms with E-state index in [0.717, 1.165) is 6.04 Å². The molecule has 0 atom stereocenters. The maximum absolute atomic E-state index is 5.37. The lowest BCUT2D eigenvalue weighted by molar-refractivity contribution is 0.421. The number of nitrogens with one attached hydrogen (secondary N) is 1. The first-order chi connectivity index (χ1) is 5.08. The Morgan fingerprint density at radius 3 is 2.18 bits per heavy atom. The van der Waals surface area contributed by atoms with Crippen molar-refractivity contribution in [3.8, 4) is 0 Å². The third kappa shape index (κ3) is 4.25. The Balaban J connectivity index is 2.30. The molecule has 0 saturated heterocycles. The Hall–Kier alpha value is 0.610. The quantitative estimate of drug-likeness (QED) is 0.673. The maximum atomic E-state index is 5.37. The first-order valence-corrected chi connectivity index (χ1v) is 8.10. The van der Waals surface area contributed by atoms with Gasteiger partial charge in [0, 0.05) is 12.2 Å². The lowest BCUT2D eigenvalue weighted by Gasteiger charge is -2.26. The van der Waals surface area contributed by atoms with E-state index in [1.807, 2.05) is 0 Å². The van der Waals surface area contributed by atoms with Gasteiger partial charge in [-0.15, -0.1) is 0 Å². The third-order valence-corrected chi connectivity index (χ3v) is 3.40. The van der Waals surface area contributed by atoms with Crippen LogP contribution in [0, 0.1) is 0 Å². The third-order valence-electron chi connectivity index (χ3n) is 2.10. The Labute approximate surface area is 75.0 Å². The second kappa shape index (κ2) is 4.02. The minimum atomic E-state index is -1.15. The minimum Gasteiger partial charge on any atom is -0.286 e. The lowest BCUT2D eigenvalue weighted by Crippen LogP contribution is -2.27. The molecule has 0 aliphatic heterocycles. The van der Waals surface area contributed by atoms with Crippen LogP contribution in [0.2, 0.25) is 0 Å². The van der Waals surface area contributed by atoms with Gasteiger partial charge in [0.2, 0.25) is 0 Å². The molecule has 3 heteroatoms. The molecule has 0 aromatic carbocycles. The normalized spacial score (nSPS) is 22.0. The molecule has 0 unspecified atom stereocenters. The molecule has 0 heterocycles. The van der Waals surface area contributed by atoms with E-state index in [4.69, 9.17) is 11.8 Å². The summed E-state index contributed by atoms with van der Waals surface area (Å²) in [7, 11) is 0. The highest BCUT2D eigenvalue weighted by atomic mass is 32.4. The van der Waals surface area contributed by atoms with Crippen LogP contribution in [0.15, 0.2) is 0 Å². The molecule has 0 radical (unpaired) electrons. The summed E-state index contributed by atoms with van der Waals surface area (Å²) in [6, 6.07) is 0.740. The second-order valence-corrected chi connectivity index (χ2v) is 9.51. The Morgan fingerprint density at radius 1 is 1.18 bits per heavy atom. The molecule has 0 spiro atoms. The molecule has 1 saturated carbocycles. The minimum absolute atomic E-state index is 0.740. The zero-order chi connectivity index (χ0) is 8.32. The molecule has 1 N–H and O–H groups in total. The van der Waals surface area contributed by atoms with Gasteiger partial charge in [0.1, 0.15) is 0 Å². The zero-order valence-corrected chi connectivity index (χ0v) is 9.18. The van der Waals surface area contributed by atoms with E-state index in [1.165, 1.54) is 32.1 Å². The van der Waals surface area contributed by atoms with E-state index < -0.39 is 6.19 Å². The molecule has 0 aromatic heterocycles. The largest absolute Gasteiger partial charge is 0.286 e. The summed E-state index contributed by atoms with van der Waals surface area (Å²) < 4.78 is 0. The number of hydrogen-bond acceptors (Lipinski definition) is 1. The molecule has 0 aromatic rings. The summed E-state index contributed by atoms with van der Waals surface area (Å²) in [4.78, 5) is 0. The fourth-order valence-electron chi connectivity index (χ4n) is 1.67. The van der Waals surface area contributed by atoms with Gasteiger partial charge in [-0.25, -0.2) is 0 Å². The first-order valence-electron chi connectivity index (χ1n) is 4.41. The summed E-state index contributed by atoms with van der Waals surface area (Å²) in [5, 5.41) is 3.58. The van der Waals surface area contributed by atoms with Crippen LogP contribution in [-0.4, -0.2) is 19.4 Å². The Morgan fingerprint density at radius 2 is 1.73 bits per heavy atom. The number of hydrogen-bond donors (Lipinski definition) is 1. The van der Waals surface area contributed by atoms with Crippen LogP contribution in [0.4, 0.5) is 0 Å². The maximum Gasteiger partial charge on any atom is 0.0110 e. The van der Waals surface area contributed by atoms with Gasteiger partial charge in [0.25, 0.3) is 0 Å². The first kappa shape index (κ1) is 9.70. The highest BCUT2D eigenvalue weighted by Gasteiger charge is 2.15. The van der Waals surface area contributed by atoms with Crippen molar-refractivity contribution >= 4 is 18.0 Å². The summed E-state index contributed by atoms with van der Waals surface area (Å²) in [6.45, 7) is 4.36. The van der Waals surface area contributed by atoms with Crippen molar-refractivity contribution in [2.75, 3.05) is 13.3 Å². The fourth-order valence-corrected chi connectivity index (χ4v) is 3.26. The molecule has 1 rings (SSSR count). The molecule has 1 aliphatic rings. The summed E-state index contributed by atoms with van der Waals surface area (Å²) in [5.74, 6) is 0. The Kier molecular flexibility index (Phi) is 3.54. The van der Waals surface area contributed by atoms with Crippen molar-refractivity contribution in [3.63, 3.8) is 0 Å². The fraction of sp³-hybridized carbons (Fsp3) is 1.00.